The van der Waals surface area contributed by atoms with Crippen LogP contribution in [0.25, 0.3) is 0 Å². The second-order valence-electron chi connectivity index (χ2n) is 4.09. The van der Waals surface area contributed by atoms with Gasteiger partial charge in [0.05, 0.1) is 0 Å². The van der Waals surface area contributed by atoms with Crippen LogP contribution in [0.1, 0.15) is 17.7 Å². The molecule has 1 atom stereocenters. The van der Waals surface area contributed by atoms with Crippen molar-refractivity contribution >= 4 is 38.9 Å². The third kappa shape index (κ3) is 3.19. The number of nitrogens with zero attached hydrogens (tertiary/aromatic N) is 1. The van der Waals surface area contributed by atoms with Crippen molar-refractivity contribution in [3.8, 4) is 0 Å². The first-order valence-corrected chi connectivity index (χ1v) is 7.50. The number of halogens is 2. The molecule has 1 aromatic heterocycles. The van der Waals surface area contributed by atoms with Gasteiger partial charge in [0.25, 0.3) is 0 Å². The summed E-state index contributed by atoms with van der Waals surface area (Å²) in [4.78, 5) is 3.96. The van der Waals surface area contributed by atoms with Crippen LogP contribution in [-0.2, 0) is 6.54 Å². The van der Waals surface area contributed by atoms with E-state index in [4.69, 9.17) is 11.6 Å². The molecule has 0 bridgehead atoms. The van der Waals surface area contributed by atoms with Gasteiger partial charge in [-0.2, -0.15) is 0 Å². The van der Waals surface area contributed by atoms with Crippen LogP contribution in [0.3, 0.4) is 0 Å². The molecule has 1 aromatic rings. The van der Waals surface area contributed by atoms with Crippen LogP contribution in [0.4, 0.5) is 0 Å². The Morgan fingerprint density at radius 1 is 1.60 bits per heavy atom. The summed E-state index contributed by atoms with van der Waals surface area (Å²) >= 11 is 11.3. The van der Waals surface area contributed by atoms with E-state index in [1.165, 1.54) is 28.7 Å². The smallest absolute Gasteiger partial charge is 0.0339 e. The summed E-state index contributed by atoms with van der Waals surface area (Å²) in [7, 11) is 0. The number of alkyl halides is 1. The topological polar surface area (TPSA) is 3.24 Å². The molecule has 2 heterocycles. The molecule has 1 nitrogen and oxygen atoms in total. The second kappa shape index (κ2) is 5.67. The lowest BCUT2D eigenvalue weighted by Crippen LogP contribution is -2.35. The quantitative estimate of drug-likeness (QED) is 0.764. The maximum atomic E-state index is 5.93. The lowest BCUT2D eigenvalue weighted by molar-refractivity contribution is 0.179. The van der Waals surface area contributed by atoms with E-state index in [0.717, 1.165) is 19.0 Å². The highest BCUT2D eigenvalue weighted by atomic mass is 79.9. The fourth-order valence-electron chi connectivity index (χ4n) is 2.06. The van der Waals surface area contributed by atoms with Gasteiger partial charge in [-0.05, 0) is 52.7 Å². The molecule has 2 rings (SSSR count). The first-order chi connectivity index (χ1) is 7.29. The highest BCUT2D eigenvalue weighted by Gasteiger charge is 2.19. The maximum absolute atomic E-state index is 5.93. The summed E-state index contributed by atoms with van der Waals surface area (Å²) in [5, 5.41) is 2.14. The summed E-state index contributed by atoms with van der Waals surface area (Å²) in [5.41, 5.74) is 0. The van der Waals surface area contributed by atoms with Gasteiger partial charge in [-0.3, -0.25) is 4.90 Å². The average molecular weight is 309 g/mol. The van der Waals surface area contributed by atoms with Crippen molar-refractivity contribution in [3.05, 3.63) is 20.8 Å². The second-order valence-corrected chi connectivity index (χ2v) is 6.25. The van der Waals surface area contributed by atoms with Crippen molar-refractivity contribution < 1.29 is 0 Å². The largest absolute Gasteiger partial charge is 0.298 e. The first-order valence-electron chi connectivity index (χ1n) is 5.30. The molecule has 1 saturated heterocycles. The lowest BCUT2D eigenvalue weighted by Gasteiger charge is -2.31. The van der Waals surface area contributed by atoms with E-state index < -0.39 is 0 Å². The zero-order chi connectivity index (χ0) is 10.7. The minimum Gasteiger partial charge on any atom is -0.298 e. The van der Waals surface area contributed by atoms with Crippen molar-refractivity contribution in [1.82, 2.24) is 4.90 Å². The van der Waals surface area contributed by atoms with Gasteiger partial charge in [-0.1, -0.05) is 0 Å². The molecule has 0 saturated carbocycles. The Morgan fingerprint density at radius 3 is 3.13 bits per heavy atom. The number of rotatable bonds is 3. The molecule has 1 aliphatic heterocycles. The molecule has 0 aliphatic carbocycles. The summed E-state index contributed by atoms with van der Waals surface area (Å²) < 4.78 is 1.25. The Bertz CT molecular complexity index is 315. The molecular weight excluding hydrogens is 294 g/mol. The SMILES string of the molecule is ClCC1CCCN(Cc2sccc2Br)C1. The van der Waals surface area contributed by atoms with Crippen molar-refractivity contribution in [3.63, 3.8) is 0 Å². The van der Waals surface area contributed by atoms with Gasteiger partial charge < -0.3 is 0 Å². The van der Waals surface area contributed by atoms with E-state index in [0.29, 0.717) is 5.92 Å². The Hall–Kier alpha value is 0.430. The molecule has 0 spiro atoms. The highest BCUT2D eigenvalue weighted by molar-refractivity contribution is 9.10. The summed E-state index contributed by atoms with van der Waals surface area (Å²) in [6, 6.07) is 2.13. The molecule has 1 unspecified atom stereocenters. The van der Waals surface area contributed by atoms with Crippen molar-refractivity contribution in [2.24, 2.45) is 5.92 Å². The zero-order valence-electron chi connectivity index (χ0n) is 8.59. The molecule has 0 aromatic carbocycles. The molecule has 4 heteroatoms. The van der Waals surface area contributed by atoms with Gasteiger partial charge in [0.15, 0.2) is 0 Å². The Kier molecular flexibility index (Phi) is 4.50. The van der Waals surface area contributed by atoms with Crippen molar-refractivity contribution in [2.45, 2.75) is 19.4 Å². The van der Waals surface area contributed by atoms with Crippen LogP contribution in [0.2, 0.25) is 0 Å². The third-order valence-electron chi connectivity index (χ3n) is 2.88. The standard InChI is InChI=1S/C11H15BrClNS/c12-10-3-5-15-11(10)8-14-4-1-2-9(6-13)7-14/h3,5,9H,1-2,4,6-8H2. The fraction of sp³-hybridized carbons (Fsp3) is 0.636. The van der Waals surface area contributed by atoms with E-state index >= 15 is 0 Å². The van der Waals surface area contributed by atoms with Crippen LogP contribution >= 0.6 is 38.9 Å². The normalized spacial score (nSPS) is 23.2. The first kappa shape index (κ1) is 11.9. The summed E-state index contributed by atoms with van der Waals surface area (Å²) in [5.74, 6) is 1.50. The van der Waals surface area contributed by atoms with Gasteiger partial charge in [0.1, 0.15) is 0 Å². The van der Waals surface area contributed by atoms with Gasteiger partial charge in [-0.15, -0.1) is 22.9 Å². The molecule has 0 N–H and O–H groups in total. The molecule has 1 fully saturated rings. The molecule has 1 aliphatic rings. The van der Waals surface area contributed by atoms with E-state index in [-0.39, 0.29) is 0 Å². The highest BCUT2D eigenvalue weighted by Crippen LogP contribution is 2.26. The molecule has 0 radical (unpaired) electrons. The van der Waals surface area contributed by atoms with E-state index in [1.54, 1.807) is 0 Å². The maximum Gasteiger partial charge on any atom is 0.0339 e. The van der Waals surface area contributed by atoms with Crippen LogP contribution < -0.4 is 0 Å². The van der Waals surface area contributed by atoms with Gasteiger partial charge >= 0.3 is 0 Å². The van der Waals surface area contributed by atoms with Gasteiger partial charge in [0, 0.05) is 28.3 Å². The van der Waals surface area contributed by atoms with Crippen LogP contribution in [0.5, 0.6) is 0 Å². The number of hydrogen-bond acceptors (Lipinski definition) is 2. The van der Waals surface area contributed by atoms with Crippen LogP contribution in [0.15, 0.2) is 15.9 Å². The number of hydrogen-bond donors (Lipinski definition) is 0. The average Bonchev–Trinajstić information content (AvgIpc) is 2.65. The number of likely N-dealkylation sites (tertiary alicyclic amines) is 1. The monoisotopic (exact) mass is 307 g/mol. The number of thiophene rings is 1. The Labute approximate surface area is 109 Å². The number of piperidine rings is 1. The van der Waals surface area contributed by atoms with E-state index in [1.807, 2.05) is 11.3 Å². The minimum atomic E-state index is 0.694. The van der Waals surface area contributed by atoms with E-state index in [9.17, 15) is 0 Å². The molecule has 0 amide bonds. The Morgan fingerprint density at radius 2 is 2.47 bits per heavy atom. The lowest BCUT2D eigenvalue weighted by atomic mass is 10.0. The molecule has 84 valence electrons. The fourth-order valence-corrected chi connectivity index (χ4v) is 3.83. The van der Waals surface area contributed by atoms with Crippen LogP contribution in [0, 0.1) is 5.92 Å². The van der Waals surface area contributed by atoms with Crippen LogP contribution in [-0.4, -0.2) is 23.9 Å². The third-order valence-corrected chi connectivity index (χ3v) is 5.23. The molecular formula is C11H15BrClNS. The van der Waals surface area contributed by atoms with Gasteiger partial charge in [0.2, 0.25) is 0 Å². The minimum absolute atomic E-state index is 0.694. The predicted octanol–water partition coefficient (Wildman–Crippen LogP) is 3.96. The predicted molar refractivity (Wildman–Crippen MR) is 70.7 cm³/mol. The van der Waals surface area contributed by atoms with Gasteiger partial charge in [-0.25, -0.2) is 0 Å². The van der Waals surface area contributed by atoms with Crippen molar-refractivity contribution in [2.75, 3.05) is 19.0 Å². The molecule has 15 heavy (non-hydrogen) atoms. The summed E-state index contributed by atoms with van der Waals surface area (Å²) in [6.45, 7) is 3.46. The summed E-state index contributed by atoms with van der Waals surface area (Å²) in [6.07, 6.45) is 2.59. The Balaban J connectivity index is 1.92. The van der Waals surface area contributed by atoms with Crippen molar-refractivity contribution in [1.29, 1.82) is 0 Å². The zero-order valence-corrected chi connectivity index (χ0v) is 11.7. The van der Waals surface area contributed by atoms with E-state index in [2.05, 4.69) is 32.3 Å².